The molecule has 0 bridgehead atoms. The second-order valence-corrected chi connectivity index (χ2v) is 3.26. The van der Waals surface area contributed by atoms with Crippen molar-refractivity contribution >= 4 is 11.6 Å². The summed E-state index contributed by atoms with van der Waals surface area (Å²) in [5, 5.41) is 3.65. The minimum absolute atomic E-state index is 0.0817. The first-order valence-electron chi connectivity index (χ1n) is 4.39. The molecule has 0 atom stereocenters. The number of hydrogen-bond acceptors (Lipinski definition) is 2. The molecule has 0 aromatic heterocycles. The van der Waals surface area contributed by atoms with E-state index in [1.165, 1.54) is 0 Å². The number of halogens is 2. The first-order chi connectivity index (χ1) is 6.77. The third-order valence-electron chi connectivity index (χ3n) is 1.72. The van der Waals surface area contributed by atoms with Gasteiger partial charge in [-0.1, -0.05) is 11.6 Å². The standard InChI is InChI=1S/C10H13ClFNO/c1-13-7-8-6-9(11)2-3-10(8)14-5-4-12/h2-3,6,13H,4-5,7H2,1H3. The summed E-state index contributed by atoms with van der Waals surface area (Å²) in [6, 6.07) is 5.30. The van der Waals surface area contributed by atoms with Crippen molar-refractivity contribution in [2.75, 3.05) is 20.3 Å². The molecule has 0 unspecified atom stereocenters. The minimum atomic E-state index is -0.485. The van der Waals surface area contributed by atoms with Gasteiger partial charge in [-0.2, -0.15) is 0 Å². The van der Waals surface area contributed by atoms with Crippen LogP contribution in [0.2, 0.25) is 5.02 Å². The van der Waals surface area contributed by atoms with Gasteiger partial charge >= 0.3 is 0 Å². The van der Waals surface area contributed by atoms with Crippen molar-refractivity contribution in [3.8, 4) is 5.75 Å². The normalized spacial score (nSPS) is 10.2. The predicted octanol–water partition coefficient (Wildman–Crippen LogP) is 2.41. The number of rotatable bonds is 5. The van der Waals surface area contributed by atoms with Crippen LogP contribution >= 0.6 is 11.6 Å². The van der Waals surface area contributed by atoms with Crippen LogP contribution in [-0.4, -0.2) is 20.3 Å². The molecule has 0 aliphatic rings. The third-order valence-corrected chi connectivity index (χ3v) is 1.96. The van der Waals surface area contributed by atoms with Crippen LogP contribution in [0.15, 0.2) is 18.2 Å². The maximum atomic E-state index is 11.9. The molecule has 0 spiro atoms. The molecule has 14 heavy (non-hydrogen) atoms. The highest BCUT2D eigenvalue weighted by Crippen LogP contribution is 2.22. The van der Waals surface area contributed by atoms with Gasteiger partial charge < -0.3 is 10.1 Å². The van der Waals surface area contributed by atoms with Crippen molar-refractivity contribution < 1.29 is 9.13 Å². The zero-order valence-electron chi connectivity index (χ0n) is 8.02. The predicted molar refractivity (Wildman–Crippen MR) is 55.7 cm³/mol. The van der Waals surface area contributed by atoms with Crippen molar-refractivity contribution in [1.29, 1.82) is 0 Å². The average molecular weight is 218 g/mol. The highest BCUT2D eigenvalue weighted by Gasteiger charge is 2.03. The van der Waals surface area contributed by atoms with Crippen LogP contribution in [0.4, 0.5) is 4.39 Å². The Hall–Kier alpha value is -0.800. The van der Waals surface area contributed by atoms with Crippen LogP contribution in [0, 0.1) is 0 Å². The molecule has 4 heteroatoms. The van der Waals surface area contributed by atoms with E-state index in [4.69, 9.17) is 16.3 Å². The summed E-state index contributed by atoms with van der Waals surface area (Å²) < 4.78 is 17.1. The van der Waals surface area contributed by atoms with Gasteiger partial charge in [-0.15, -0.1) is 0 Å². The van der Waals surface area contributed by atoms with E-state index in [1.807, 2.05) is 13.1 Å². The molecule has 0 aliphatic heterocycles. The lowest BCUT2D eigenvalue weighted by Gasteiger charge is -2.10. The van der Waals surface area contributed by atoms with Crippen LogP contribution in [-0.2, 0) is 6.54 Å². The van der Waals surface area contributed by atoms with Gasteiger partial charge in [0.25, 0.3) is 0 Å². The molecule has 1 N–H and O–H groups in total. The summed E-state index contributed by atoms with van der Waals surface area (Å²) in [7, 11) is 1.83. The number of benzene rings is 1. The van der Waals surface area contributed by atoms with Gasteiger partial charge in [-0.3, -0.25) is 0 Å². The van der Waals surface area contributed by atoms with E-state index in [2.05, 4.69) is 5.32 Å². The number of nitrogens with one attached hydrogen (secondary N) is 1. The van der Waals surface area contributed by atoms with Gasteiger partial charge in [0.2, 0.25) is 0 Å². The maximum absolute atomic E-state index is 11.9. The molecule has 0 fully saturated rings. The van der Waals surface area contributed by atoms with Gasteiger partial charge in [0, 0.05) is 17.1 Å². The van der Waals surface area contributed by atoms with Gasteiger partial charge in [-0.05, 0) is 25.2 Å². The van der Waals surface area contributed by atoms with Crippen LogP contribution in [0.25, 0.3) is 0 Å². The summed E-state index contributed by atoms with van der Waals surface area (Å²) in [5.41, 5.74) is 0.938. The molecule has 0 amide bonds. The first-order valence-corrected chi connectivity index (χ1v) is 4.77. The molecule has 0 aliphatic carbocycles. The Morgan fingerprint density at radius 1 is 1.50 bits per heavy atom. The Morgan fingerprint density at radius 3 is 2.93 bits per heavy atom. The molecule has 1 rings (SSSR count). The summed E-state index contributed by atoms with van der Waals surface area (Å²) in [6.45, 7) is 0.252. The van der Waals surface area contributed by atoms with Crippen molar-refractivity contribution in [3.63, 3.8) is 0 Å². The second kappa shape index (κ2) is 5.83. The molecule has 1 aromatic rings. The fourth-order valence-corrected chi connectivity index (χ4v) is 1.36. The molecule has 1 aromatic carbocycles. The van der Waals surface area contributed by atoms with E-state index in [-0.39, 0.29) is 6.61 Å². The number of hydrogen-bond donors (Lipinski definition) is 1. The van der Waals surface area contributed by atoms with Crippen molar-refractivity contribution in [3.05, 3.63) is 28.8 Å². The third kappa shape index (κ3) is 3.16. The first kappa shape index (κ1) is 11.3. The maximum Gasteiger partial charge on any atom is 0.124 e. The summed E-state index contributed by atoms with van der Waals surface area (Å²) >= 11 is 5.83. The van der Waals surface area contributed by atoms with Crippen molar-refractivity contribution in [1.82, 2.24) is 5.32 Å². The van der Waals surface area contributed by atoms with Crippen LogP contribution in [0.1, 0.15) is 5.56 Å². The van der Waals surface area contributed by atoms with Gasteiger partial charge in [-0.25, -0.2) is 4.39 Å². The van der Waals surface area contributed by atoms with Crippen LogP contribution in [0.3, 0.4) is 0 Å². The summed E-state index contributed by atoms with van der Waals surface area (Å²) in [5.74, 6) is 0.682. The average Bonchev–Trinajstić information content (AvgIpc) is 2.17. The molecular weight excluding hydrogens is 205 g/mol. The van der Waals surface area contributed by atoms with Crippen LogP contribution in [0.5, 0.6) is 5.75 Å². The second-order valence-electron chi connectivity index (χ2n) is 2.82. The fraction of sp³-hybridized carbons (Fsp3) is 0.400. The van der Waals surface area contributed by atoms with E-state index in [0.717, 1.165) is 5.56 Å². The quantitative estimate of drug-likeness (QED) is 0.818. The van der Waals surface area contributed by atoms with Crippen LogP contribution < -0.4 is 10.1 Å². The lowest BCUT2D eigenvalue weighted by Crippen LogP contribution is -2.08. The molecule has 0 saturated carbocycles. The topological polar surface area (TPSA) is 21.3 Å². The Kier molecular flexibility index (Phi) is 4.70. The van der Waals surface area contributed by atoms with Crippen molar-refractivity contribution in [2.45, 2.75) is 6.54 Å². The highest BCUT2D eigenvalue weighted by atomic mass is 35.5. The lowest BCUT2D eigenvalue weighted by molar-refractivity contribution is 0.270. The van der Waals surface area contributed by atoms with Gasteiger partial charge in [0.05, 0.1) is 0 Å². The zero-order chi connectivity index (χ0) is 10.4. The molecule has 0 radical (unpaired) electrons. The summed E-state index contributed by atoms with van der Waals surface area (Å²) in [6.07, 6.45) is 0. The number of alkyl halides is 1. The molecule has 0 saturated heterocycles. The lowest BCUT2D eigenvalue weighted by atomic mass is 10.2. The largest absolute Gasteiger partial charge is 0.491 e. The number of ether oxygens (including phenoxy) is 1. The van der Waals surface area contributed by atoms with Gasteiger partial charge in [0.15, 0.2) is 0 Å². The van der Waals surface area contributed by atoms with E-state index >= 15 is 0 Å². The van der Waals surface area contributed by atoms with E-state index < -0.39 is 6.67 Å². The molecule has 78 valence electrons. The Morgan fingerprint density at radius 2 is 2.29 bits per heavy atom. The van der Waals surface area contributed by atoms with E-state index in [1.54, 1.807) is 12.1 Å². The monoisotopic (exact) mass is 217 g/mol. The summed E-state index contributed by atoms with van der Waals surface area (Å²) in [4.78, 5) is 0. The molecular formula is C10H13ClFNO. The minimum Gasteiger partial charge on any atom is -0.491 e. The Labute approximate surface area is 88.0 Å². The smallest absolute Gasteiger partial charge is 0.124 e. The zero-order valence-corrected chi connectivity index (χ0v) is 8.77. The molecule has 2 nitrogen and oxygen atoms in total. The Balaban J connectivity index is 2.78. The van der Waals surface area contributed by atoms with Crippen molar-refractivity contribution in [2.24, 2.45) is 0 Å². The van der Waals surface area contributed by atoms with Gasteiger partial charge in [0.1, 0.15) is 19.0 Å². The fourth-order valence-electron chi connectivity index (χ4n) is 1.17. The highest BCUT2D eigenvalue weighted by molar-refractivity contribution is 6.30. The SMILES string of the molecule is CNCc1cc(Cl)ccc1OCCF. The molecule has 0 heterocycles. The van der Waals surface area contributed by atoms with E-state index in [9.17, 15) is 4.39 Å². The van der Waals surface area contributed by atoms with E-state index in [0.29, 0.717) is 17.3 Å². The Bertz CT molecular complexity index is 293.